The second-order valence-electron chi connectivity index (χ2n) is 21.6. The van der Waals surface area contributed by atoms with E-state index in [1.165, 1.54) is 173 Å². The summed E-state index contributed by atoms with van der Waals surface area (Å²) in [5, 5.41) is 0. The van der Waals surface area contributed by atoms with Crippen molar-refractivity contribution in [2.75, 3.05) is 13.2 Å². The maximum absolute atomic E-state index is 12.9. The number of hydrogen-bond donors (Lipinski definition) is 0. The van der Waals surface area contributed by atoms with Crippen LogP contribution in [-0.2, 0) is 28.6 Å². The van der Waals surface area contributed by atoms with Crippen LogP contribution in [0.3, 0.4) is 0 Å². The smallest absolute Gasteiger partial charge is 0.306 e. The van der Waals surface area contributed by atoms with Crippen molar-refractivity contribution in [3.8, 4) is 0 Å². The Balaban J connectivity index is 4.35. The van der Waals surface area contributed by atoms with Crippen LogP contribution in [0.4, 0.5) is 0 Å². The summed E-state index contributed by atoms with van der Waals surface area (Å²) in [5.41, 5.74) is 0. The molecule has 76 heavy (non-hydrogen) atoms. The molecule has 0 aromatic heterocycles. The fourth-order valence-corrected chi connectivity index (χ4v) is 9.23. The molecule has 1 unspecified atom stereocenters. The molecular weight excluding hydrogens is 937 g/mol. The van der Waals surface area contributed by atoms with Gasteiger partial charge in [-0.05, 0) is 116 Å². The molecule has 0 aromatic carbocycles. The number of ether oxygens (including phenoxy) is 3. The molecule has 0 N–H and O–H groups in total. The van der Waals surface area contributed by atoms with E-state index in [-0.39, 0.29) is 31.1 Å². The molecular formula is C70H122O6. The third kappa shape index (κ3) is 61.4. The molecule has 0 aromatic rings. The summed E-state index contributed by atoms with van der Waals surface area (Å²) < 4.78 is 16.9. The molecule has 6 heteroatoms. The Hall–Kier alpha value is -3.41. The van der Waals surface area contributed by atoms with Gasteiger partial charge in [0, 0.05) is 19.3 Å². The van der Waals surface area contributed by atoms with E-state index in [0.29, 0.717) is 19.3 Å². The van der Waals surface area contributed by atoms with E-state index in [2.05, 4.69) is 106 Å². The van der Waals surface area contributed by atoms with Gasteiger partial charge in [0.2, 0.25) is 0 Å². The van der Waals surface area contributed by atoms with E-state index < -0.39 is 6.10 Å². The molecule has 0 aliphatic rings. The maximum Gasteiger partial charge on any atom is 0.306 e. The highest BCUT2D eigenvalue weighted by Crippen LogP contribution is 2.16. The quantitative estimate of drug-likeness (QED) is 0.0261. The lowest BCUT2D eigenvalue weighted by Crippen LogP contribution is -2.30. The average Bonchev–Trinajstić information content (AvgIpc) is 3.42. The number of carbonyl (C=O) groups excluding carboxylic acids is 3. The monoisotopic (exact) mass is 1060 g/mol. The minimum absolute atomic E-state index is 0.0883. The molecule has 1 atom stereocenters. The molecule has 438 valence electrons. The first kappa shape index (κ1) is 72.6. The van der Waals surface area contributed by atoms with Crippen LogP contribution in [0.15, 0.2) is 85.1 Å². The minimum atomic E-state index is -0.795. The number of allylic oxidation sites excluding steroid dienone is 14. The summed E-state index contributed by atoms with van der Waals surface area (Å²) in [6.45, 7) is 6.52. The summed E-state index contributed by atoms with van der Waals surface area (Å²) >= 11 is 0. The Morgan fingerprint density at radius 1 is 0.276 bits per heavy atom. The van der Waals surface area contributed by atoms with E-state index >= 15 is 0 Å². The zero-order valence-corrected chi connectivity index (χ0v) is 50.3. The second-order valence-corrected chi connectivity index (χ2v) is 21.6. The third-order valence-electron chi connectivity index (χ3n) is 14.1. The Morgan fingerprint density at radius 3 is 0.816 bits per heavy atom. The predicted octanol–water partition coefficient (Wildman–Crippen LogP) is 22.3. The van der Waals surface area contributed by atoms with Gasteiger partial charge in [0.1, 0.15) is 13.2 Å². The van der Waals surface area contributed by atoms with Crippen LogP contribution in [0.5, 0.6) is 0 Å². The lowest BCUT2D eigenvalue weighted by Gasteiger charge is -2.18. The standard InChI is InChI=1S/C70H122O6/c1-4-7-10-13-16-19-22-25-28-31-32-33-34-35-36-37-38-40-42-45-48-51-54-57-60-63-69(72)75-66-67(65-74-68(71)62-59-56-53-50-47-44-41-30-27-24-21-18-15-12-9-6-3)76-70(73)64-61-58-55-52-49-46-43-39-29-26-23-20-17-14-11-8-5-2/h8,11,17,20,22,25-26,29-32,41,43,46,67H,4-7,9-10,12-16,18-19,21,23-24,27-28,33-40,42,44-45,47-66H2,1-3H3/b11-8-,20-17-,25-22-,29-26-,32-31-,41-30-,46-43-. The van der Waals surface area contributed by atoms with Gasteiger partial charge in [0.15, 0.2) is 6.10 Å². The van der Waals surface area contributed by atoms with Gasteiger partial charge in [-0.2, -0.15) is 0 Å². The third-order valence-corrected chi connectivity index (χ3v) is 14.1. The largest absolute Gasteiger partial charge is 0.462 e. The first-order chi connectivity index (χ1) is 37.5. The molecule has 0 amide bonds. The van der Waals surface area contributed by atoms with Crippen LogP contribution < -0.4 is 0 Å². The SMILES string of the molecule is CC/C=C\C/C=C\C/C=C\C/C=C\CCCCCCC(=O)OC(COC(=O)CCCCCCC/C=C\CCCCCCCCC)COC(=O)CCCCCCCCCCCCCCC/C=C\C/C=C\CCCCCCC. The van der Waals surface area contributed by atoms with Crippen LogP contribution in [0.25, 0.3) is 0 Å². The fourth-order valence-electron chi connectivity index (χ4n) is 9.23. The molecule has 0 aliphatic heterocycles. The Labute approximate surface area is 471 Å². The van der Waals surface area contributed by atoms with Gasteiger partial charge >= 0.3 is 17.9 Å². The molecule has 0 radical (unpaired) electrons. The van der Waals surface area contributed by atoms with Gasteiger partial charge in [-0.25, -0.2) is 0 Å². The van der Waals surface area contributed by atoms with Crippen LogP contribution in [0.2, 0.25) is 0 Å². The summed E-state index contributed by atoms with van der Waals surface area (Å²) in [4.78, 5) is 38.3. The number of unbranched alkanes of at least 4 members (excludes halogenated alkanes) is 34. The molecule has 0 saturated carbocycles. The summed E-state index contributed by atoms with van der Waals surface area (Å²) in [6, 6.07) is 0. The average molecular weight is 1060 g/mol. The molecule has 0 bridgehead atoms. The van der Waals surface area contributed by atoms with Gasteiger partial charge in [-0.1, -0.05) is 273 Å². The topological polar surface area (TPSA) is 78.9 Å². The lowest BCUT2D eigenvalue weighted by atomic mass is 10.0. The molecule has 6 nitrogen and oxygen atoms in total. The summed E-state index contributed by atoms with van der Waals surface area (Å²) in [5.74, 6) is -0.909. The molecule has 0 heterocycles. The van der Waals surface area contributed by atoms with Gasteiger partial charge in [-0.3, -0.25) is 14.4 Å². The molecule has 0 rings (SSSR count). The predicted molar refractivity (Wildman–Crippen MR) is 330 cm³/mol. The van der Waals surface area contributed by atoms with Crippen molar-refractivity contribution < 1.29 is 28.6 Å². The lowest BCUT2D eigenvalue weighted by molar-refractivity contribution is -0.167. The van der Waals surface area contributed by atoms with Crippen LogP contribution in [0.1, 0.15) is 323 Å². The van der Waals surface area contributed by atoms with Crippen molar-refractivity contribution in [3.63, 3.8) is 0 Å². The highest BCUT2D eigenvalue weighted by molar-refractivity contribution is 5.71. The molecule has 0 spiro atoms. The Kier molecular flexibility index (Phi) is 61.2. The number of esters is 3. The number of rotatable bonds is 59. The van der Waals surface area contributed by atoms with Gasteiger partial charge in [-0.15, -0.1) is 0 Å². The zero-order valence-electron chi connectivity index (χ0n) is 50.3. The van der Waals surface area contributed by atoms with Crippen molar-refractivity contribution in [1.82, 2.24) is 0 Å². The highest BCUT2D eigenvalue weighted by Gasteiger charge is 2.19. The zero-order chi connectivity index (χ0) is 55.0. The van der Waals surface area contributed by atoms with Crippen molar-refractivity contribution >= 4 is 17.9 Å². The minimum Gasteiger partial charge on any atom is -0.462 e. The van der Waals surface area contributed by atoms with E-state index in [1.807, 2.05) is 0 Å². The van der Waals surface area contributed by atoms with Crippen molar-refractivity contribution in [2.24, 2.45) is 0 Å². The van der Waals surface area contributed by atoms with Crippen molar-refractivity contribution in [1.29, 1.82) is 0 Å². The summed E-state index contributed by atoms with van der Waals surface area (Å²) in [6.07, 6.45) is 84.5. The van der Waals surface area contributed by atoms with Gasteiger partial charge in [0.25, 0.3) is 0 Å². The fraction of sp³-hybridized carbons (Fsp3) is 0.757. The number of carbonyl (C=O) groups is 3. The normalized spacial score (nSPS) is 12.6. The first-order valence-corrected chi connectivity index (χ1v) is 32.6. The van der Waals surface area contributed by atoms with Crippen LogP contribution >= 0.6 is 0 Å². The Morgan fingerprint density at radius 2 is 0.513 bits per heavy atom. The van der Waals surface area contributed by atoms with Crippen LogP contribution in [-0.4, -0.2) is 37.2 Å². The van der Waals surface area contributed by atoms with Crippen molar-refractivity contribution in [3.05, 3.63) is 85.1 Å². The second kappa shape index (κ2) is 64.1. The Bertz CT molecular complexity index is 1450. The van der Waals surface area contributed by atoms with E-state index in [0.717, 1.165) is 109 Å². The first-order valence-electron chi connectivity index (χ1n) is 32.6. The molecule has 0 aliphatic carbocycles. The van der Waals surface area contributed by atoms with E-state index in [4.69, 9.17) is 14.2 Å². The van der Waals surface area contributed by atoms with Crippen molar-refractivity contribution in [2.45, 2.75) is 329 Å². The van der Waals surface area contributed by atoms with E-state index in [1.54, 1.807) is 0 Å². The number of hydrogen-bond acceptors (Lipinski definition) is 6. The van der Waals surface area contributed by atoms with Gasteiger partial charge < -0.3 is 14.2 Å². The van der Waals surface area contributed by atoms with E-state index in [9.17, 15) is 14.4 Å². The summed E-state index contributed by atoms with van der Waals surface area (Å²) in [7, 11) is 0. The van der Waals surface area contributed by atoms with Gasteiger partial charge in [0.05, 0.1) is 0 Å². The highest BCUT2D eigenvalue weighted by atomic mass is 16.6. The molecule has 0 fully saturated rings. The maximum atomic E-state index is 12.9. The molecule has 0 saturated heterocycles. The van der Waals surface area contributed by atoms with Crippen LogP contribution in [0, 0.1) is 0 Å².